The summed E-state index contributed by atoms with van der Waals surface area (Å²) in [4.78, 5) is 11.6. The number of carbonyl (C=O) groups excluding carboxylic acids is 1. The molecule has 0 spiro atoms. The summed E-state index contributed by atoms with van der Waals surface area (Å²) < 4.78 is 0. The van der Waals surface area contributed by atoms with E-state index in [4.69, 9.17) is 0 Å². The molecule has 0 bridgehead atoms. The first kappa shape index (κ1) is 13.5. The lowest BCUT2D eigenvalue weighted by Crippen LogP contribution is -2.44. The number of aliphatic hydroxyl groups is 1. The van der Waals surface area contributed by atoms with Crippen molar-refractivity contribution in [1.82, 2.24) is 5.32 Å². The number of hydrogen-bond donors (Lipinski definition) is 3. The molecule has 1 aromatic carbocycles. The highest BCUT2D eigenvalue weighted by Gasteiger charge is 2.31. The fourth-order valence-corrected chi connectivity index (χ4v) is 1.56. The average molecular weight is 236 g/mol. The molecule has 1 aromatic rings. The lowest BCUT2D eigenvalue weighted by molar-refractivity contribution is -0.130. The number of hydrogen-bond acceptors (Lipinski definition) is 3. The van der Waals surface area contributed by atoms with Crippen LogP contribution in [-0.4, -0.2) is 31.2 Å². The average Bonchev–Trinajstić information content (AvgIpc) is 2.35. The molecule has 0 saturated heterocycles. The predicted molar refractivity (Wildman–Crippen MR) is 68.9 cm³/mol. The van der Waals surface area contributed by atoms with Gasteiger partial charge in [0.15, 0.2) is 0 Å². The van der Waals surface area contributed by atoms with Crippen molar-refractivity contribution in [2.75, 3.05) is 25.5 Å². The van der Waals surface area contributed by atoms with Gasteiger partial charge < -0.3 is 15.7 Å². The van der Waals surface area contributed by atoms with Crippen molar-refractivity contribution in [1.29, 1.82) is 0 Å². The van der Waals surface area contributed by atoms with E-state index in [1.165, 1.54) is 0 Å². The molecule has 1 atom stereocenters. The minimum atomic E-state index is -0.807. The molecule has 0 heterocycles. The number of aliphatic hydroxyl groups excluding tert-OH is 1. The highest BCUT2D eigenvalue weighted by Crippen LogP contribution is 2.18. The van der Waals surface area contributed by atoms with Crippen LogP contribution in [0.15, 0.2) is 24.3 Å². The Balaban J connectivity index is 2.68. The van der Waals surface area contributed by atoms with Gasteiger partial charge in [0.25, 0.3) is 0 Å². The third-order valence-electron chi connectivity index (χ3n) is 2.82. The van der Waals surface area contributed by atoms with E-state index in [9.17, 15) is 9.90 Å². The normalized spacial score (nSPS) is 13.9. The van der Waals surface area contributed by atoms with Crippen molar-refractivity contribution < 1.29 is 9.90 Å². The third-order valence-corrected chi connectivity index (χ3v) is 2.82. The summed E-state index contributed by atoms with van der Waals surface area (Å²) in [6.07, 6.45) is 0. The van der Waals surface area contributed by atoms with E-state index in [2.05, 4.69) is 10.6 Å². The van der Waals surface area contributed by atoms with Crippen molar-refractivity contribution in [3.63, 3.8) is 0 Å². The van der Waals surface area contributed by atoms with Gasteiger partial charge in [-0.2, -0.15) is 0 Å². The smallest absolute Gasteiger partial charge is 0.229 e. The number of anilines is 1. The maximum absolute atomic E-state index is 11.6. The number of rotatable bonds is 5. The molecule has 0 aromatic heterocycles. The van der Waals surface area contributed by atoms with E-state index in [-0.39, 0.29) is 12.5 Å². The molecule has 94 valence electrons. The Hall–Kier alpha value is -1.55. The molecule has 0 saturated carbocycles. The Morgan fingerprint density at radius 3 is 2.71 bits per heavy atom. The van der Waals surface area contributed by atoms with Gasteiger partial charge in [-0.1, -0.05) is 12.1 Å². The molecule has 17 heavy (non-hydrogen) atoms. The van der Waals surface area contributed by atoms with E-state index in [0.717, 1.165) is 11.3 Å². The molecule has 3 N–H and O–H groups in total. The van der Waals surface area contributed by atoms with Gasteiger partial charge in [0.1, 0.15) is 0 Å². The van der Waals surface area contributed by atoms with Gasteiger partial charge in [0.2, 0.25) is 5.91 Å². The number of aryl methyl sites for hydroxylation is 1. The molecular weight excluding hydrogens is 216 g/mol. The van der Waals surface area contributed by atoms with Gasteiger partial charge in [-0.25, -0.2) is 0 Å². The second-order valence-corrected chi connectivity index (χ2v) is 4.52. The van der Waals surface area contributed by atoms with Crippen molar-refractivity contribution in [3.05, 3.63) is 29.8 Å². The lowest BCUT2D eigenvalue weighted by atomic mass is 9.90. The summed E-state index contributed by atoms with van der Waals surface area (Å²) >= 11 is 0. The van der Waals surface area contributed by atoms with Gasteiger partial charge >= 0.3 is 0 Å². The van der Waals surface area contributed by atoms with Crippen molar-refractivity contribution >= 4 is 11.6 Å². The highest BCUT2D eigenvalue weighted by molar-refractivity contribution is 5.82. The maximum Gasteiger partial charge on any atom is 0.229 e. The van der Waals surface area contributed by atoms with E-state index >= 15 is 0 Å². The monoisotopic (exact) mass is 236 g/mol. The summed E-state index contributed by atoms with van der Waals surface area (Å²) in [5.41, 5.74) is 1.30. The molecule has 4 heteroatoms. The number of carbonyl (C=O) groups is 1. The Morgan fingerprint density at radius 1 is 1.47 bits per heavy atom. The van der Waals surface area contributed by atoms with Gasteiger partial charge in [0, 0.05) is 19.3 Å². The summed E-state index contributed by atoms with van der Waals surface area (Å²) in [5, 5.41) is 15.1. The van der Waals surface area contributed by atoms with E-state index < -0.39 is 5.41 Å². The zero-order chi connectivity index (χ0) is 12.9. The van der Waals surface area contributed by atoms with Crippen molar-refractivity contribution in [2.24, 2.45) is 5.41 Å². The quantitative estimate of drug-likeness (QED) is 0.718. The second kappa shape index (κ2) is 5.68. The molecule has 1 rings (SSSR count). The minimum Gasteiger partial charge on any atom is -0.395 e. The van der Waals surface area contributed by atoms with Gasteiger partial charge in [-0.3, -0.25) is 4.79 Å². The Morgan fingerprint density at radius 2 is 2.18 bits per heavy atom. The Kier molecular flexibility index (Phi) is 4.52. The van der Waals surface area contributed by atoms with Crippen LogP contribution in [0, 0.1) is 12.3 Å². The molecule has 1 amide bonds. The first-order valence-electron chi connectivity index (χ1n) is 5.65. The molecule has 1 unspecified atom stereocenters. The fourth-order valence-electron chi connectivity index (χ4n) is 1.56. The van der Waals surface area contributed by atoms with Gasteiger partial charge in [0.05, 0.1) is 12.0 Å². The van der Waals surface area contributed by atoms with Gasteiger partial charge in [-0.05, 0) is 31.5 Å². The topological polar surface area (TPSA) is 61.4 Å². The first-order chi connectivity index (χ1) is 8.01. The van der Waals surface area contributed by atoms with Crippen LogP contribution >= 0.6 is 0 Å². The molecule has 4 nitrogen and oxygen atoms in total. The largest absolute Gasteiger partial charge is 0.395 e. The maximum atomic E-state index is 11.6. The van der Waals surface area contributed by atoms with Crippen molar-refractivity contribution in [2.45, 2.75) is 13.8 Å². The molecule has 0 aliphatic rings. The molecular formula is C13H20N2O2. The van der Waals surface area contributed by atoms with Crippen LogP contribution in [0.3, 0.4) is 0 Å². The van der Waals surface area contributed by atoms with Crippen LogP contribution in [0.5, 0.6) is 0 Å². The number of nitrogens with one attached hydrogen (secondary N) is 2. The van der Waals surface area contributed by atoms with E-state index in [1.54, 1.807) is 14.0 Å². The highest BCUT2D eigenvalue weighted by atomic mass is 16.3. The molecule has 0 aliphatic heterocycles. The number of benzene rings is 1. The van der Waals surface area contributed by atoms with E-state index in [0.29, 0.717) is 6.54 Å². The van der Waals surface area contributed by atoms with Crippen LogP contribution in [0.1, 0.15) is 12.5 Å². The van der Waals surface area contributed by atoms with Gasteiger partial charge in [-0.15, -0.1) is 0 Å². The second-order valence-electron chi connectivity index (χ2n) is 4.52. The molecule has 0 aliphatic carbocycles. The summed E-state index contributed by atoms with van der Waals surface area (Å²) in [6.45, 7) is 3.95. The number of amides is 1. The summed E-state index contributed by atoms with van der Waals surface area (Å²) in [7, 11) is 1.57. The van der Waals surface area contributed by atoms with Crippen LogP contribution < -0.4 is 10.6 Å². The summed E-state index contributed by atoms with van der Waals surface area (Å²) in [6, 6.07) is 7.90. The first-order valence-corrected chi connectivity index (χ1v) is 5.65. The summed E-state index contributed by atoms with van der Waals surface area (Å²) in [5.74, 6) is -0.167. The standard InChI is InChI=1S/C13H20N2O2/c1-10-5-4-6-11(7-10)15-8-13(2,9-16)12(17)14-3/h4-7,15-16H,8-9H2,1-3H3,(H,14,17). The van der Waals surface area contributed by atoms with Crippen LogP contribution in [0.4, 0.5) is 5.69 Å². The van der Waals surface area contributed by atoms with Crippen molar-refractivity contribution in [3.8, 4) is 0 Å². The zero-order valence-electron chi connectivity index (χ0n) is 10.6. The zero-order valence-corrected chi connectivity index (χ0v) is 10.6. The SMILES string of the molecule is CNC(=O)C(C)(CO)CNc1cccc(C)c1. The Labute approximate surface area is 102 Å². The Bertz CT molecular complexity index is 393. The van der Waals surface area contributed by atoms with Crippen LogP contribution in [0.25, 0.3) is 0 Å². The van der Waals surface area contributed by atoms with E-state index in [1.807, 2.05) is 31.2 Å². The third kappa shape index (κ3) is 3.46. The van der Waals surface area contributed by atoms with Crippen LogP contribution in [-0.2, 0) is 4.79 Å². The fraction of sp³-hybridized carbons (Fsp3) is 0.462. The molecule has 0 radical (unpaired) electrons. The minimum absolute atomic E-state index is 0.167. The predicted octanol–water partition coefficient (Wildman–Crippen LogP) is 1.15. The molecule has 0 fully saturated rings. The van der Waals surface area contributed by atoms with Crippen LogP contribution in [0.2, 0.25) is 0 Å². The lowest BCUT2D eigenvalue weighted by Gasteiger charge is -2.26.